The maximum atomic E-state index is 11.5. The van der Waals surface area contributed by atoms with Gasteiger partial charge in [0, 0.05) is 12.0 Å². The molecule has 2 rings (SSSR count). The van der Waals surface area contributed by atoms with Crippen molar-refractivity contribution in [3.05, 3.63) is 29.8 Å². The van der Waals surface area contributed by atoms with Crippen LogP contribution in [0.25, 0.3) is 0 Å². The normalized spacial score (nSPS) is 14.8. The molecule has 0 saturated heterocycles. The molecule has 1 saturated carbocycles. The van der Waals surface area contributed by atoms with Crippen LogP contribution in [0.15, 0.2) is 24.3 Å². The molecule has 0 bridgehead atoms. The van der Waals surface area contributed by atoms with Crippen molar-refractivity contribution in [2.75, 3.05) is 6.61 Å². The third-order valence-electron chi connectivity index (χ3n) is 2.97. The zero-order valence-electron chi connectivity index (χ0n) is 9.74. The van der Waals surface area contributed by atoms with E-state index in [1.807, 2.05) is 31.2 Å². The van der Waals surface area contributed by atoms with Crippen molar-refractivity contribution in [3.63, 3.8) is 0 Å². The van der Waals surface area contributed by atoms with Crippen LogP contribution in [0.3, 0.4) is 0 Å². The van der Waals surface area contributed by atoms with Gasteiger partial charge in [-0.1, -0.05) is 31.9 Å². The van der Waals surface area contributed by atoms with Gasteiger partial charge in [0.15, 0.2) is 5.78 Å². The quantitative estimate of drug-likeness (QED) is 0.683. The zero-order valence-corrected chi connectivity index (χ0v) is 9.74. The molecule has 16 heavy (non-hydrogen) atoms. The van der Waals surface area contributed by atoms with E-state index in [0.717, 1.165) is 30.3 Å². The van der Waals surface area contributed by atoms with Gasteiger partial charge in [-0.15, -0.1) is 0 Å². The molecule has 1 fully saturated rings. The number of benzene rings is 1. The van der Waals surface area contributed by atoms with E-state index in [2.05, 4.69) is 0 Å². The first-order valence-electron chi connectivity index (χ1n) is 6.05. The van der Waals surface area contributed by atoms with Crippen LogP contribution in [0.1, 0.15) is 43.0 Å². The summed E-state index contributed by atoms with van der Waals surface area (Å²) in [5, 5.41) is 0. The highest BCUT2D eigenvalue weighted by Crippen LogP contribution is 2.32. The predicted octanol–water partition coefficient (Wildman–Crippen LogP) is 3.46. The number of rotatable bonds is 6. The molecule has 1 aromatic rings. The van der Waals surface area contributed by atoms with Gasteiger partial charge in [-0.3, -0.25) is 4.79 Å². The van der Waals surface area contributed by atoms with E-state index < -0.39 is 0 Å². The number of carbonyl (C=O) groups is 1. The maximum Gasteiger partial charge on any atom is 0.162 e. The van der Waals surface area contributed by atoms with E-state index >= 15 is 0 Å². The van der Waals surface area contributed by atoms with Crippen LogP contribution in [0.5, 0.6) is 5.75 Å². The SMILES string of the molecule is CCC(=O)c1cccc(OCCC2CC2)c1. The summed E-state index contributed by atoms with van der Waals surface area (Å²) in [7, 11) is 0. The van der Waals surface area contributed by atoms with Crippen molar-refractivity contribution in [1.29, 1.82) is 0 Å². The van der Waals surface area contributed by atoms with Crippen LogP contribution in [-0.4, -0.2) is 12.4 Å². The molecule has 0 aliphatic heterocycles. The molecule has 86 valence electrons. The Morgan fingerprint density at radius 2 is 2.25 bits per heavy atom. The van der Waals surface area contributed by atoms with Gasteiger partial charge in [0.25, 0.3) is 0 Å². The first-order chi connectivity index (χ1) is 7.79. The summed E-state index contributed by atoms with van der Waals surface area (Å²) in [6, 6.07) is 7.49. The number of ether oxygens (including phenoxy) is 1. The summed E-state index contributed by atoms with van der Waals surface area (Å²) in [5.74, 6) is 1.88. The highest BCUT2D eigenvalue weighted by Gasteiger charge is 2.20. The van der Waals surface area contributed by atoms with E-state index in [-0.39, 0.29) is 5.78 Å². The Morgan fingerprint density at radius 1 is 1.44 bits per heavy atom. The maximum absolute atomic E-state index is 11.5. The first kappa shape index (κ1) is 11.2. The van der Waals surface area contributed by atoms with Gasteiger partial charge in [0.2, 0.25) is 0 Å². The molecular formula is C14H18O2. The molecule has 1 aliphatic carbocycles. The lowest BCUT2D eigenvalue weighted by molar-refractivity contribution is 0.0987. The number of hydrogen-bond acceptors (Lipinski definition) is 2. The minimum absolute atomic E-state index is 0.174. The van der Waals surface area contributed by atoms with Crippen molar-refractivity contribution in [3.8, 4) is 5.75 Å². The third kappa shape index (κ3) is 3.09. The third-order valence-corrected chi connectivity index (χ3v) is 2.97. The fourth-order valence-corrected chi connectivity index (χ4v) is 1.71. The van der Waals surface area contributed by atoms with Gasteiger partial charge in [0.1, 0.15) is 5.75 Å². The Morgan fingerprint density at radius 3 is 2.94 bits per heavy atom. The lowest BCUT2D eigenvalue weighted by Gasteiger charge is -2.06. The summed E-state index contributed by atoms with van der Waals surface area (Å²) in [6.07, 6.45) is 4.41. The second-order valence-corrected chi connectivity index (χ2v) is 4.39. The van der Waals surface area contributed by atoms with Gasteiger partial charge in [0.05, 0.1) is 6.61 Å². The van der Waals surface area contributed by atoms with Crippen LogP contribution in [0.2, 0.25) is 0 Å². The van der Waals surface area contributed by atoms with E-state index in [9.17, 15) is 4.79 Å². The second-order valence-electron chi connectivity index (χ2n) is 4.39. The molecule has 2 nitrogen and oxygen atoms in total. The number of ketones is 1. The van der Waals surface area contributed by atoms with E-state index in [1.54, 1.807) is 0 Å². The standard InChI is InChI=1S/C14H18O2/c1-2-14(15)12-4-3-5-13(10-12)16-9-8-11-6-7-11/h3-5,10-11H,2,6-9H2,1H3. The molecule has 1 aliphatic rings. The summed E-state index contributed by atoms with van der Waals surface area (Å²) in [4.78, 5) is 11.5. The minimum atomic E-state index is 0.174. The molecule has 1 aromatic carbocycles. The van der Waals surface area contributed by atoms with E-state index in [4.69, 9.17) is 4.74 Å². The molecule has 2 heteroatoms. The zero-order chi connectivity index (χ0) is 11.4. The van der Waals surface area contributed by atoms with Crippen LogP contribution in [0.4, 0.5) is 0 Å². The van der Waals surface area contributed by atoms with Gasteiger partial charge < -0.3 is 4.74 Å². The van der Waals surface area contributed by atoms with Crippen LogP contribution >= 0.6 is 0 Å². The highest BCUT2D eigenvalue weighted by atomic mass is 16.5. The molecule has 0 heterocycles. The van der Waals surface area contributed by atoms with Crippen molar-refractivity contribution in [2.24, 2.45) is 5.92 Å². The first-order valence-corrected chi connectivity index (χ1v) is 6.05. The van der Waals surface area contributed by atoms with Gasteiger partial charge >= 0.3 is 0 Å². The summed E-state index contributed by atoms with van der Waals surface area (Å²) < 4.78 is 5.64. The Bertz CT molecular complexity index is 367. The topological polar surface area (TPSA) is 26.3 Å². The largest absolute Gasteiger partial charge is 0.494 e. The monoisotopic (exact) mass is 218 g/mol. The summed E-state index contributed by atoms with van der Waals surface area (Å²) in [6.45, 7) is 2.65. The number of carbonyl (C=O) groups excluding carboxylic acids is 1. The number of hydrogen-bond donors (Lipinski definition) is 0. The van der Waals surface area contributed by atoms with Gasteiger partial charge in [-0.25, -0.2) is 0 Å². The lowest BCUT2D eigenvalue weighted by Crippen LogP contribution is -2.00. The Kier molecular flexibility index (Phi) is 3.60. The molecule has 0 radical (unpaired) electrons. The molecule has 0 N–H and O–H groups in total. The second kappa shape index (κ2) is 5.15. The predicted molar refractivity (Wildman–Crippen MR) is 63.9 cm³/mol. The summed E-state index contributed by atoms with van der Waals surface area (Å²) in [5.41, 5.74) is 0.756. The van der Waals surface area contributed by atoms with Crippen LogP contribution < -0.4 is 4.74 Å². The van der Waals surface area contributed by atoms with Crippen LogP contribution in [0, 0.1) is 5.92 Å². The molecule has 0 unspecified atom stereocenters. The van der Waals surface area contributed by atoms with Crippen molar-refractivity contribution in [2.45, 2.75) is 32.6 Å². The van der Waals surface area contributed by atoms with E-state index in [0.29, 0.717) is 6.42 Å². The highest BCUT2D eigenvalue weighted by molar-refractivity contribution is 5.96. The van der Waals surface area contributed by atoms with Gasteiger partial charge in [-0.2, -0.15) is 0 Å². The van der Waals surface area contributed by atoms with Crippen molar-refractivity contribution in [1.82, 2.24) is 0 Å². The minimum Gasteiger partial charge on any atom is -0.494 e. The van der Waals surface area contributed by atoms with Crippen molar-refractivity contribution < 1.29 is 9.53 Å². The van der Waals surface area contributed by atoms with Crippen molar-refractivity contribution >= 4 is 5.78 Å². The van der Waals surface area contributed by atoms with E-state index in [1.165, 1.54) is 12.8 Å². The smallest absolute Gasteiger partial charge is 0.162 e. The fourth-order valence-electron chi connectivity index (χ4n) is 1.71. The Hall–Kier alpha value is -1.31. The van der Waals surface area contributed by atoms with Gasteiger partial charge in [-0.05, 0) is 24.5 Å². The number of Topliss-reactive ketones (excluding diaryl/α,β-unsaturated/α-hetero) is 1. The average molecular weight is 218 g/mol. The molecule has 0 amide bonds. The van der Waals surface area contributed by atoms with Crippen LogP contribution in [-0.2, 0) is 0 Å². The Labute approximate surface area is 96.6 Å². The Balaban J connectivity index is 1.89. The lowest BCUT2D eigenvalue weighted by atomic mass is 10.1. The fraction of sp³-hybridized carbons (Fsp3) is 0.500. The molecule has 0 atom stereocenters. The molecule has 0 spiro atoms. The molecule has 0 aromatic heterocycles. The average Bonchev–Trinajstić information content (AvgIpc) is 3.12. The summed E-state index contributed by atoms with van der Waals surface area (Å²) >= 11 is 0. The molecular weight excluding hydrogens is 200 g/mol.